The first-order chi connectivity index (χ1) is 11.9. The first-order valence-electron chi connectivity index (χ1n) is 8.10. The molecule has 25 heavy (non-hydrogen) atoms. The van der Waals surface area contributed by atoms with Gasteiger partial charge in [0.2, 0.25) is 0 Å². The minimum absolute atomic E-state index is 0.0445. The van der Waals surface area contributed by atoms with Crippen LogP contribution in [0, 0.1) is 13.8 Å². The lowest BCUT2D eigenvalue weighted by Crippen LogP contribution is -2.15. The summed E-state index contributed by atoms with van der Waals surface area (Å²) in [5.74, 6) is 0.332. The summed E-state index contributed by atoms with van der Waals surface area (Å²) in [5.41, 5.74) is 2.21. The van der Waals surface area contributed by atoms with Crippen LogP contribution in [0.3, 0.4) is 0 Å². The molecule has 1 aromatic carbocycles. The lowest BCUT2D eigenvalue weighted by molar-refractivity contribution is 0.0525. The Labute approximate surface area is 152 Å². The SMILES string of the molecule is CCOC(=O)c1c(C)[nH]c(C(=O)[C@H](C)Sc2ccc(OC)cc2)c1C. The maximum absolute atomic E-state index is 12.8. The predicted octanol–water partition coefficient (Wildman–Crippen LogP) is 4.18. The van der Waals surface area contributed by atoms with Gasteiger partial charge in [0.25, 0.3) is 0 Å². The molecule has 0 amide bonds. The molecule has 0 aliphatic heterocycles. The number of aromatic amines is 1. The summed E-state index contributed by atoms with van der Waals surface area (Å²) in [6, 6.07) is 7.57. The third kappa shape index (κ3) is 4.25. The minimum Gasteiger partial charge on any atom is -0.497 e. The van der Waals surface area contributed by atoms with Crippen LogP contribution in [-0.2, 0) is 4.74 Å². The summed E-state index contributed by atoms with van der Waals surface area (Å²) in [4.78, 5) is 28.9. The van der Waals surface area contributed by atoms with Crippen LogP contribution in [-0.4, -0.2) is 35.7 Å². The largest absolute Gasteiger partial charge is 0.497 e. The Morgan fingerprint density at radius 1 is 1.20 bits per heavy atom. The number of ether oxygens (including phenoxy) is 2. The molecule has 2 aromatic rings. The van der Waals surface area contributed by atoms with Gasteiger partial charge in [-0.1, -0.05) is 0 Å². The Hall–Kier alpha value is -2.21. The molecule has 0 spiro atoms. The van der Waals surface area contributed by atoms with Crippen LogP contribution in [0.15, 0.2) is 29.2 Å². The van der Waals surface area contributed by atoms with E-state index in [0.717, 1.165) is 10.6 Å². The van der Waals surface area contributed by atoms with Crippen LogP contribution in [0.5, 0.6) is 5.75 Å². The van der Waals surface area contributed by atoms with Gasteiger partial charge < -0.3 is 14.5 Å². The van der Waals surface area contributed by atoms with Gasteiger partial charge in [0.15, 0.2) is 5.78 Å². The second-order valence-electron chi connectivity index (χ2n) is 5.65. The van der Waals surface area contributed by atoms with E-state index in [-0.39, 0.29) is 11.0 Å². The number of carbonyl (C=O) groups excluding carboxylic acids is 2. The summed E-state index contributed by atoms with van der Waals surface area (Å²) in [6.07, 6.45) is 0. The summed E-state index contributed by atoms with van der Waals surface area (Å²) in [6.45, 7) is 7.46. The number of aromatic nitrogens is 1. The molecule has 1 atom stereocenters. The van der Waals surface area contributed by atoms with Gasteiger partial charge in [-0.15, -0.1) is 11.8 Å². The molecule has 0 unspecified atom stereocenters. The number of aryl methyl sites for hydroxylation is 1. The van der Waals surface area contributed by atoms with E-state index >= 15 is 0 Å². The van der Waals surface area contributed by atoms with Crippen molar-refractivity contribution in [1.82, 2.24) is 4.98 Å². The highest BCUT2D eigenvalue weighted by Gasteiger charge is 2.26. The van der Waals surface area contributed by atoms with Crippen molar-refractivity contribution in [2.45, 2.75) is 37.8 Å². The number of Topliss-reactive ketones (excluding diaryl/α,β-unsaturated/α-hetero) is 1. The smallest absolute Gasteiger partial charge is 0.340 e. The molecule has 134 valence electrons. The Morgan fingerprint density at radius 2 is 1.84 bits per heavy atom. The standard InChI is InChI=1S/C19H23NO4S/c1-6-24-19(22)16-11(2)17(20-12(16)3)18(21)13(4)25-15-9-7-14(23-5)8-10-15/h7-10,13,20H,6H2,1-5H3/t13-/m0/s1. The van der Waals surface area contributed by atoms with Crippen molar-refractivity contribution in [1.29, 1.82) is 0 Å². The van der Waals surface area contributed by atoms with Gasteiger partial charge in [-0.05, 0) is 57.5 Å². The normalized spacial score (nSPS) is 11.9. The Balaban J connectivity index is 2.18. The van der Waals surface area contributed by atoms with Crippen molar-refractivity contribution in [3.63, 3.8) is 0 Å². The number of hydrogen-bond acceptors (Lipinski definition) is 5. The first-order valence-corrected chi connectivity index (χ1v) is 8.98. The van der Waals surface area contributed by atoms with E-state index in [1.807, 2.05) is 31.2 Å². The number of methoxy groups -OCH3 is 1. The second kappa shape index (κ2) is 8.25. The number of benzene rings is 1. The molecule has 1 N–H and O–H groups in total. The van der Waals surface area contributed by atoms with Gasteiger partial charge in [-0.2, -0.15) is 0 Å². The molecule has 0 bridgehead atoms. The van der Waals surface area contributed by atoms with Crippen molar-refractivity contribution in [2.75, 3.05) is 13.7 Å². The van der Waals surface area contributed by atoms with Crippen LogP contribution < -0.4 is 4.74 Å². The molecule has 1 heterocycles. The van der Waals surface area contributed by atoms with Gasteiger partial charge in [0.05, 0.1) is 30.2 Å². The zero-order valence-electron chi connectivity index (χ0n) is 15.1. The van der Waals surface area contributed by atoms with Gasteiger partial charge in [0, 0.05) is 10.6 Å². The Kier molecular flexibility index (Phi) is 6.31. The number of rotatable bonds is 7. The summed E-state index contributed by atoms with van der Waals surface area (Å²) in [7, 11) is 1.62. The highest BCUT2D eigenvalue weighted by atomic mass is 32.2. The Morgan fingerprint density at radius 3 is 2.40 bits per heavy atom. The molecule has 2 rings (SSSR count). The number of esters is 1. The van der Waals surface area contributed by atoms with Crippen LogP contribution in [0.4, 0.5) is 0 Å². The number of hydrogen-bond donors (Lipinski definition) is 1. The minimum atomic E-state index is -0.400. The quantitative estimate of drug-likeness (QED) is 0.455. The fourth-order valence-electron chi connectivity index (χ4n) is 2.62. The number of H-pyrrole nitrogens is 1. The summed E-state index contributed by atoms with van der Waals surface area (Å²) in [5, 5.41) is -0.291. The lowest BCUT2D eigenvalue weighted by Gasteiger charge is -2.11. The van der Waals surface area contributed by atoms with Gasteiger partial charge in [-0.25, -0.2) is 4.79 Å². The third-order valence-electron chi connectivity index (χ3n) is 3.90. The number of nitrogens with one attached hydrogen (secondary N) is 1. The molecule has 0 aliphatic rings. The number of ketones is 1. The van der Waals surface area contributed by atoms with Crippen molar-refractivity contribution >= 4 is 23.5 Å². The fourth-order valence-corrected chi connectivity index (χ4v) is 3.55. The molecule has 6 heteroatoms. The average molecular weight is 361 g/mol. The molecular weight excluding hydrogens is 338 g/mol. The van der Waals surface area contributed by atoms with E-state index in [0.29, 0.717) is 29.1 Å². The highest BCUT2D eigenvalue weighted by molar-refractivity contribution is 8.00. The summed E-state index contributed by atoms with van der Waals surface area (Å²) >= 11 is 1.47. The summed E-state index contributed by atoms with van der Waals surface area (Å²) < 4.78 is 10.2. The molecule has 1 aromatic heterocycles. The van der Waals surface area contributed by atoms with Crippen molar-refractivity contribution in [2.24, 2.45) is 0 Å². The van der Waals surface area contributed by atoms with Crippen molar-refractivity contribution < 1.29 is 19.1 Å². The van der Waals surface area contributed by atoms with E-state index in [2.05, 4.69) is 4.98 Å². The molecule has 0 aliphatic carbocycles. The van der Waals surface area contributed by atoms with Crippen molar-refractivity contribution in [3.8, 4) is 5.75 Å². The molecule has 0 fully saturated rings. The van der Waals surface area contributed by atoms with E-state index in [1.165, 1.54) is 11.8 Å². The fraction of sp³-hybridized carbons (Fsp3) is 0.368. The first kappa shape index (κ1) is 19.1. The van der Waals surface area contributed by atoms with E-state index in [4.69, 9.17) is 9.47 Å². The lowest BCUT2D eigenvalue weighted by atomic mass is 10.1. The molecule has 0 radical (unpaired) electrons. The zero-order chi connectivity index (χ0) is 18.6. The maximum atomic E-state index is 12.8. The number of thioether (sulfide) groups is 1. The molecule has 5 nitrogen and oxygen atoms in total. The van der Waals surface area contributed by atoms with E-state index in [1.54, 1.807) is 27.9 Å². The average Bonchev–Trinajstić information content (AvgIpc) is 2.89. The predicted molar refractivity (Wildman–Crippen MR) is 98.9 cm³/mol. The van der Waals surface area contributed by atoms with E-state index < -0.39 is 5.97 Å². The highest BCUT2D eigenvalue weighted by Crippen LogP contribution is 2.29. The van der Waals surface area contributed by atoms with Gasteiger partial charge in [0.1, 0.15) is 5.75 Å². The topological polar surface area (TPSA) is 68.4 Å². The Bertz CT molecular complexity index is 764. The molecule has 0 saturated carbocycles. The molecule has 0 saturated heterocycles. The van der Waals surface area contributed by atoms with E-state index in [9.17, 15) is 9.59 Å². The van der Waals surface area contributed by atoms with Crippen LogP contribution in [0.25, 0.3) is 0 Å². The van der Waals surface area contributed by atoms with Gasteiger partial charge >= 0.3 is 5.97 Å². The molecular formula is C19H23NO4S. The zero-order valence-corrected chi connectivity index (χ0v) is 16.0. The van der Waals surface area contributed by atoms with Gasteiger partial charge in [-0.3, -0.25) is 4.79 Å². The third-order valence-corrected chi connectivity index (χ3v) is 5.02. The monoisotopic (exact) mass is 361 g/mol. The number of carbonyl (C=O) groups is 2. The van der Waals surface area contributed by atoms with Crippen LogP contribution >= 0.6 is 11.8 Å². The maximum Gasteiger partial charge on any atom is 0.340 e. The second-order valence-corrected chi connectivity index (χ2v) is 7.06. The van der Waals surface area contributed by atoms with Crippen molar-refractivity contribution in [3.05, 3.63) is 46.8 Å². The van der Waals surface area contributed by atoms with Crippen LogP contribution in [0.2, 0.25) is 0 Å². The van der Waals surface area contributed by atoms with Crippen LogP contribution in [0.1, 0.15) is 46.0 Å².